The fraction of sp³-hybridized carbons (Fsp3) is 0.188. The number of nitrogens with one attached hydrogen (secondary N) is 1. The number of benzene rings is 2. The van der Waals surface area contributed by atoms with Crippen molar-refractivity contribution in [1.29, 1.82) is 0 Å². The summed E-state index contributed by atoms with van der Waals surface area (Å²) in [6.45, 7) is 0. The molecule has 0 fully saturated rings. The third-order valence-electron chi connectivity index (χ3n) is 3.39. The molecule has 3 N–H and O–H groups in total. The summed E-state index contributed by atoms with van der Waals surface area (Å²) in [6.07, 6.45) is 0. The summed E-state index contributed by atoms with van der Waals surface area (Å²) in [6, 6.07) is 9.22. The highest BCUT2D eigenvalue weighted by Gasteiger charge is 2.12. The minimum atomic E-state index is 0.643. The van der Waals surface area contributed by atoms with Crippen LogP contribution in [0.2, 0.25) is 0 Å². The van der Waals surface area contributed by atoms with Gasteiger partial charge in [-0.25, -0.2) is 4.98 Å². The molecule has 7 heteroatoms. The number of ether oxygens (including phenoxy) is 3. The van der Waals surface area contributed by atoms with Crippen LogP contribution in [0.15, 0.2) is 40.4 Å². The first-order valence-electron chi connectivity index (χ1n) is 6.87. The lowest BCUT2D eigenvalue weighted by molar-refractivity contribution is 0.356. The van der Waals surface area contributed by atoms with Crippen LogP contribution in [0.5, 0.6) is 17.2 Å². The summed E-state index contributed by atoms with van der Waals surface area (Å²) in [5.41, 5.74) is 8.36. The van der Waals surface area contributed by atoms with E-state index in [1.807, 2.05) is 30.3 Å². The third-order valence-corrected chi connectivity index (χ3v) is 4.35. The summed E-state index contributed by atoms with van der Waals surface area (Å²) in [4.78, 5) is 8.70. The van der Waals surface area contributed by atoms with Crippen molar-refractivity contribution in [2.75, 3.05) is 27.1 Å². The molecule has 0 atom stereocenters. The predicted octanol–water partition coefficient (Wildman–Crippen LogP) is 3.32. The van der Waals surface area contributed by atoms with Crippen molar-refractivity contribution in [3.05, 3.63) is 30.3 Å². The van der Waals surface area contributed by atoms with Crippen LogP contribution in [0.25, 0.3) is 11.0 Å². The maximum Gasteiger partial charge on any atom is 0.171 e. The molecule has 3 rings (SSSR count). The van der Waals surface area contributed by atoms with Crippen molar-refractivity contribution in [2.45, 2.75) is 10.1 Å². The van der Waals surface area contributed by atoms with Gasteiger partial charge >= 0.3 is 0 Å². The molecule has 2 aromatic carbocycles. The highest BCUT2D eigenvalue weighted by Crippen LogP contribution is 2.36. The second-order valence-corrected chi connectivity index (χ2v) is 5.80. The van der Waals surface area contributed by atoms with Crippen LogP contribution in [-0.4, -0.2) is 31.3 Å². The lowest BCUT2D eigenvalue weighted by atomic mass is 10.3. The van der Waals surface area contributed by atoms with E-state index in [1.165, 1.54) is 11.8 Å². The normalized spacial score (nSPS) is 10.7. The van der Waals surface area contributed by atoms with Crippen LogP contribution in [0, 0.1) is 0 Å². The van der Waals surface area contributed by atoms with Gasteiger partial charge in [0.15, 0.2) is 16.7 Å². The van der Waals surface area contributed by atoms with Crippen LogP contribution in [0.4, 0.5) is 5.69 Å². The number of methoxy groups -OCH3 is 3. The van der Waals surface area contributed by atoms with Crippen LogP contribution < -0.4 is 19.9 Å². The highest BCUT2D eigenvalue weighted by molar-refractivity contribution is 7.99. The van der Waals surface area contributed by atoms with E-state index in [2.05, 4.69) is 9.97 Å². The summed E-state index contributed by atoms with van der Waals surface area (Å²) < 4.78 is 15.8. The van der Waals surface area contributed by atoms with E-state index in [1.54, 1.807) is 21.3 Å². The largest absolute Gasteiger partial charge is 0.497 e. The Hall–Kier alpha value is -2.54. The van der Waals surface area contributed by atoms with Gasteiger partial charge in [0.1, 0.15) is 5.75 Å². The van der Waals surface area contributed by atoms with Gasteiger partial charge in [0, 0.05) is 22.7 Å². The van der Waals surface area contributed by atoms with Gasteiger partial charge in [-0.3, -0.25) is 0 Å². The van der Waals surface area contributed by atoms with Gasteiger partial charge in [0.05, 0.1) is 32.4 Å². The van der Waals surface area contributed by atoms with Crippen LogP contribution in [0.1, 0.15) is 0 Å². The number of hydrogen-bond donors (Lipinski definition) is 2. The zero-order chi connectivity index (χ0) is 16.4. The molecule has 120 valence electrons. The molecule has 0 saturated carbocycles. The van der Waals surface area contributed by atoms with Gasteiger partial charge in [-0.15, -0.1) is 0 Å². The predicted molar refractivity (Wildman–Crippen MR) is 90.7 cm³/mol. The Labute approximate surface area is 137 Å². The smallest absolute Gasteiger partial charge is 0.171 e. The zero-order valence-electron chi connectivity index (χ0n) is 13.0. The molecule has 23 heavy (non-hydrogen) atoms. The molecular formula is C16H17N3O3S. The van der Waals surface area contributed by atoms with E-state index in [0.29, 0.717) is 17.2 Å². The topological polar surface area (TPSA) is 82.4 Å². The Balaban J connectivity index is 1.98. The van der Waals surface area contributed by atoms with Gasteiger partial charge in [0.25, 0.3) is 0 Å². The number of aromatic nitrogens is 2. The number of H-pyrrole nitrogens is 1. The van der Waals surface area contributed by atoms with Crippen molar-refractivity contribution < 1.29 is 14.2 Å². The maximum atomic E-state index is 6.02. The van der Waals surface area contributed by atoms with Gasteiger partial charge in [-0.1, -0.05) is 0 Å². The maximum absolute atomic E-state index is 6.02. The lowest BCUT2D eigenvalue weighted by Crippen LogP contribution is -1.90. The number of nitrogen functional groups attached to an aromatic ring is 1. The number of anilines is 1. The summed E-state index contributed by atoms with van der Waals surface area (Å²) in [5, 5.41) is 0.732. The molecule has 1 heterocycles. The van der Waals surface area contributed by atoms with E-state index in [9.17, 15) is 0 Å². The quantitative estimate of drug-likeness (QED) is 0.698. The molecule has 0 amide bonds. The number of fused-ring (bicyclic) bond motifs is 1. The molecule has 0 radical (unpaired) electrons. The molecule has 0 bridgehead atoms. The van der Waals surface area contributed by atoms with Crippen molar-refractivity contribution >= 4 is 28.5 Å². The highest BCUT2D eigenvalue weighted by atomic mass is 32.2. The number of imidazole rings is 1. The number of hydrogen-bond acceptors (Lipinski definition) is 6. The monoisotopic (exact) mass is 331 g/mol. The third kappa shape index (κ3) is 3.00. The first-order valence-corrected chi connectivity index (χ1v) is 7.69. The van der Waals surface area contributed by atoms with Crippen LogP contribution in [0.3, 0.4) is 0 Å². The van der Waals surface area contributed by atoms with E-state index in [-0.39, 0.29) is 0 Å². The Bertz CT molecular complexity index is 807. The number of rotatable bonds is 5. The fourth-order valence-corrected chi connectivity index (χ4v) is 3.07. The average molecular weight is 331 g/mol. The Kier molecular flexibility index (Phi) is 4.20. The van der Waals surface area contributed by atoms with E-state index in [0.717, 1.165) is 26.8 Å². The fourth-order valence-electron chi connectivity index (χ4n) is 2.20. The lowest BCUT2D eigenvalue weighted by Gasteiger charge is -2.06. The van der Waals surface area contributed by atoms with Gasteiger partial charge in [-0.05, 0) is 30.0 Å². The van der Waals surface area contributed by atoms with Crippen LogP contribution in [-0.2, 0) is 0 Å². The standard InChI is InChI=1S/C16H17N3O3S/c1-20-9-4-5-10(17)15(6-9)23-16-18-11-7-13(21-2)14(22-3)8-12(11)19-16/h4-8H,17H2,1-3H3,(H,18,19). The van der Waals surface area contributed by atoms with Gasteiger partial charge < -0.3 is 24.9 Å². The number of nitrogens with zero attached hydrogens (tertiary/aromatic N) is 1. The second-order valence-electron chi connectivity index (χ2n) is 4.77. The van der Waals surface area contributed by atoms with Crippen LogP contribution >= 0.6 is 11.8 Å². The van der Waals surface area contributed by atoms with E-state index >= 15 is 0 Å². The molecule has 6 nitrogen and oxygen atoms in total. The number of nitrogens with two attached hydrogens (primary N) is 1. The molecule has 0 spiro atoms. The summed E-state index contributed by atoms with van der Waals surface area (Å²) >= 11 is 1.44. The molecule has 0 aliphatic carbocycles. The molecule has 0 aliphatic rings. The number of aromatic amines is 1. The first-order chi connectivity index (χ1) is 11.1. The minimum absolute atomic E-state index is 0.643. The van der Waals surface area contributed by atoms with E-state index < -0.39 is 0 Å². The Morgan fingerprint density at radius 2 is 1.74 bits per heavy atom. The van der Waals surface area contributed by atoms with Gasteiger partial charge in [0.2, 0.25) is 0 Å². The van der Waals surface area contributed by atoms with Crippen molar-refractivity contribution in [3.63, 3.8) is 0 Å². The van der Waals surface area contributed by atoms with Crippen molar-refractivity contribution in [3.8, 4) is 17.2 Å². The Morgan fingerprint density at radius 3 is 2.43 bits per heavy atom. The minimum Gasteiger partial charge on any atom is -0.497 e. The zero-order valence-corrected chi connectivity index (χ0v) is 13.9. The Morgan fingerprint density at radius 1 is 1.00 bits per heavy atom. The van der Waals surface area contributed by atoms with Gasteiger partial charge in [-0.2, -0.15) is 0 Å². The summed E-state index contributed by atoms with van der Waals surface area (Å²) in [5.74, 6) is 2.05. The second kappa shape index (κ2) is 6.29. The molecule has 1 aromatic heterocycles. The molecular weight excluding hydrogens is 314 g/mol. The first kappa shape index (κ1) is 15.4. The van der Waals surface area contributed by atoms with Crippen molar-refractivity contribution in [1.82, 2.24) is 9.97 Å². The summed E-state index contributed by atoms with van der Waals surface area (Å²) in [7, 11) is 4.83. The molecule has 3 aromatic rings. The molecule has 0 saturated heterocycles. The molecule has 0 unspecified atom stereocenters. The average Bonchev–Trinajstić information content (AvgIpc) is 2.96. The molecule has 0 aliphatic heterocycles. The van der Waals surface area contributed by atoms with E-state index in [4.69, 9.17) is 19.9 Å². The SMILES string of the molecule is COc1ccc(N)c(Sc2nc3cc(OC)c(OC)cc3[nH]2)c1. The van der Waals surface area contributed by atoms with Crippen molar-refractivity contribution in [2.24, 2.45) is 0 Å².